The molecule has 0 radical (unpaired) electrons. The SMILES string of the molecule is NC1CCC(c2nc(-c3ccccc3Br)no2)CC1. The normalized spacial score (nSPS) is 23.5. The van der Waals surface area contributed by atoms with Gasteiger partial charge in [0.2, 0.25) is 11.7 Å². The molecule has 1 aromatic carbocycles. The number of rotatable bonds is 2. The van der Waals surface area contributed by atoms with Gasteiger partial charge < -0.3 is 10.3 Å². The average molecular weight is 322 g/mol. The van der Waals surface area contributed by atoms with Gasteiger partial charge in [-0.2, -0.15) is 4.98 Å². The van der Waals surface area contributed by atoms with Crippen LogP contribution in [0.5, 0.6) is 0 Å². The molecule has 0 bridgehead atoms. The molecule has 1 fully saturated rings. The molecule has 2 aromatic rings. The van der Waals surface area contributed by atoms with E-state index in [1.54, 1.807) is 0 Å². The molecule has 1 saturated carbocycles. The van der Waals surface area contributed by atoms with E-state index in [1.165, 1.54) is 0 Å². The van der Waals surface area contributed by atoms with Gasteiger partial charge in [0.15, 0.2) is 0 Å². The van der Waals surface area contributed by atoms with Crippen molar-refractivity contribution >= 4 is 15.9 Å². The summed E-state index contributed by atoms with van der Waals surface area (Å²) in [4.78, 5) is 4.54. The summed E-state index contributed by atoms with van der Waals surface area (Å²) in [6, 6.07) is 8.23. The maximum atomic E-state index is 5.92. The van der Waals surface area contributed by atoms with E-state index >= 15 is 0 Å². The first kappa shape index (κ1) is 12.8. The number of halogens is 1. The quantitative estimate of drug-likeness (QED) is 0.919. The van der Waals surface area contributed by atoms with Crippen molar-refractivity contribution in [2.24, 2.45) is 5.73 Å². The fraction of sp³-hybridized carbons (Fsp3) is 0.429. The Bertz CT molecular complexity index is 561. The molecule has 1 aromatic heterocycles. The van der Waals surface area contributed by atoms with Crippen LogP contribution in [0.3, 0.4) is 0 Å². The standard InChI is InChI=1S/C14H16BrN3O/c15-12-4-2-1-3-11(12)13-17-14(19-18-13)9-5-7-10(16)8-6-9/h1-4,9-10H,5-8,16H2. The second-order valence-electron chi connectivity index (χ2n) is 5.05. The highest BCUT2D eigenvalue weighted by Crippen LogP contribution is 2.33. The largest absolute Gasteiger partial charge is 0.339 e. The van der Waals surface area contributed by atoms with Crippen LogP contribution in [0.2, 0.25) is 0 Å². The lowest BCUT2D eigenvalue weighted by atomic mass is 9.86. The second-order valence-corrected chi connectivity index (χ2v) is 5.90. The molecule has 1 aliphatic carbocycles. The van der Waals surface area contributed by atoms with Gasteiger partial charge >= 0.3 is 0 Å². The first-order valence-electron chi connectivity index (χ1n) is 6.58. The summed E-state index contributed by atoms with van der Waals surface area (Å²) in [5.41, 5.74) is 6.88. The molecule has 0 spiro atoms. The Morgan fingerprint density at radius 1 is 1.16 bits per heavy atom. The van der Waals surface area contributed by atoms with Gasteiger partial charge in [0, 0.05) is 22.0 Å². The predicted molar refractivity (Wildman–Crippen MR) is 76.6 cm³/mol. The van der Waals surface area contributed by atoms with Crippen LogP contribution >= 0.6 is 15.9 Å². The first-order chi connectivity index (χ1) is 9.24. The van der Waals surface area contributed by atoms with Crippen molar-refractivity contribution in [2.45, 2.75) is 37.6 Å². The molecule has 19 heavy (non-hydrogen) atoms. The van der Waals surface area contributed by atoms with Crippen LogP contribution in [0.25, 0.3) is 11.4 Å². The third kappa shape index (κ3) is 2.72. The van der Waals surface area contributed by atoms with Gasteiger partial charge in [0.25, 0.3) is 0 Å². The third-order valence-corrected chi connectivity index (χ3v) is 4.37. The molecule has 4 nitrogen and oxygen atoms in total. The Morgan fingerprint density at radius 2 is 1.89 bits per heavy atom. The summed E-state index contributed by atoms with van der Waals surface area (Å²) >= 11 is 3.51. The highest BCUT2D eigenvalue weighted by atomic mass is 79.9. The Balaban J connectivity index is 1.82. The van der Waals surface area contributed by atoms with Crippen molar-refractivity contribution in [1.29, 1.82) is 0 Å². The van der Waals surface area contributed by atoms with Crippen LogP contribution in [0.15, 0.2) is 33.3 Å². The minimum absolute atomic E-state index is 0.335. The Kier molecular flexibility index (Phi) is 3.66. The van der Waals surface area contributed by atoms with Crippen molar-refractivity contribution in [1.82, 2.24) is 10.1 Å². The highest BCUT2D eigenvalue weighted by Gasteiger charge is 2.25. The van der Waals surface area contributed by atoms with Crippen LogP contribution in [0.1, 0.15) is 37.5 Å². The fourth-order valence-corrected chi connectivity index (χ4v) is 2.98. The van der Waals surface area contributed by atoms with Gasteiger partial charge in [0.1, 0.15) is 0 Å². The second kappa shape index (κ2) is 5.43. The summed E-state index contributed by atoms with van der Waals surface area (Å²) in [7, 11) is 0. The molecule has 0 aliphatic heterocycles. The summed E-state index contributed by atoms with van der Waals surface area (Å²) in [5.74, 6) is 1.76. The molecular formula is C14H16BrN3O. The molecule has 0 saturated heterocycles. The van der Waals surface area contributed by atoms with Gasteiger partial charge in [-0.1, -0.05) is 33.2 Å². The minimum Gasteiger partial charge on any atom is -0.339 e. The molecule has 100 valence electrons. The van der Waals surface area contributed by atoms with Crippen LogP contribution in [0, 0.1) is 0 Å². The lowest BCUT2D eigenvalue weighted by molar-refractivity contribution is 0.301. The summed E-state index contributed by atoms with van der Waals surface area (Å²) < 4.78 is 6.41. The van der Waals surface area contributed by atoms with E-state index in [1.807, 2.05) is 24.3 Å². The fourth-order valence-electron chi connectivity index (χ4n) is 2.52. The van der Waals surface area contributed by atoms with Crippen LogP contribution in [0.4, 0.5) is 0 Å². The zero-order valence-corrected chi connectivity index (χ0v) is 12.1. The zero-order valence-electron chi connectivity index (χ0n) is 10.6. The Morgan fingerprint density at radius 3 is 2.63 bits per heavy atom. The maximum absolute atomic E-state index is 5.92. The molecule has 0 atom stereocenters. The molecule has 1 heterocycles. The monoisotopic (exact) mass is 321 g/mol. The van der Waals surface area contributed by atoms with E-state index in [2.05, 4.69) is 26.1 Å². The van der Waals surface area contributed by atoms with E-state index < -0.39 is 0 Å². The van der Waals surface area contributed by atoms with E-state index in [9.17, 15) is 0 Å². The van der Waals surface area contributed by atoms with Crippen LogP contribution in [-0.4, -0.2) is 16.2 Å². The van der Waals surface area contributed by atoms with Crippen molar-refractivity contribution in [3.05, 3.63) is 34.6 Å². The summed E-state index contributed by atoms with van der Waals surface area (Å²) in [6.07, 6.45) is 4.16. The van der Waals surface area contributed by atoms with Crippen LogP contribution in [-0.2, 0) is 0 Å². The molecule has 0 unspecified atom stereocenters. The lowest BCUT2D eigenvalue weighted by Gasteiger charge is -2.22. The van der Waals surface area contributed by atoms with E-state index in [0.29, 0.717) is 17.8 Å². The van der Waals surface area contributed by atoms with Gasteiger partial charge in [0.05, 0.1) is 0 Å². The van der Waals surface area contributed by atoms with E-state index in [4.69, 9.17) is 10.3 Å². The molecule has 0 amide bonds. The molecule has 2 N–H and O–H groups in total. The van der Waals surface area contributed by atoms with Gasteiger partial charge in [-0.25, -0.2) is 0 Å². The molecular weight excluding hydrogens is 306 g/mol. The number of nitrogens with two attached hydrogens (primary N) is 1. The van der Waals surface area contributed by atoms with Crippen molar-refractivity contribution in [2.75, 3.05) is 0 Å². The predicted octanol–water partition coefficient (Wildman–Crippen LogP) is 3.48. The van der Waals surface area contributed by atoms with Crippen molar-refractivity contribution in [3.8, 4) is 11.4 Å². The van der Waals surface area contributed by atoms with E-state index in [0.717, 1.165) is 41.6 Å². The zero-order chi connectivity index (χ0) is 13.2. The third-order valence-electron chi connectivity index (χ3n) is 3.68. The average Bonchev–Trinajstić information content (AvgIpc) is 2.89. The summed E-state index contributed by atoms with van der Waals surface area (Å²) in [6.45, 7) is 0. The molecule has 5 heteroatoms. The van der Waals surface area contributed by atoms with E-state index in [-0.39, 0.29) is 0 Å². The van der Waals surface area contributed by atoms with Gasteiger partial charge in [-0.15, -0.1) is 0 Å². The number of aromatic nitrogens is 2. The molecule has 1 aliphatic rings. The van der Waals surface area contributed by atoms with Crippen molar-refractivity contribution in [3.63, 3.8) is 0 Å². The smallest absolute Gasteiger partial charge is 0.230 e. The first-order valence-corrected chi connectivity index (χ1v) is 7.37. The number of hydrogen-bond acceptors (Lipinski definition) is 4. The van der Waals surface area contributed by atoms with Crippen LogP contribution < -0.4 is 5.73 Å². The van der Waals surface area contributed by atoms with Crippen molar-refractivity contribution < 1.29 is 4.52 Å². The molecule has 3 rings (SSSR count). The Hall–Kier alpha value is -1.20. The number of hydrogen-bond donors (Lipinski definition) is 1. The Labute approximate surface area is 120 Å². The maximum Gasteiger partial charge on any atom is 0.230 e. The van der Waals surface area contributed by atoms with Gasteiger partial charge in [-0.05, 0) is 37.8 Å². The summed E-state index contributed by atoms with van der Waals surface area (Å²) in [5, 5.41) is 4.09. The topological polar surface area (TPSA) is 64.9 Å². The number of benzene rings is 1. The van der Waals surface area contributed by atoms with Gasteiger partial charge in [-0.3, -0.25) is 0 Å². The number of nitrogens with zero attached hydrogens (tertiary/aromatic N) is 2. The minimum atomic E-state index is 0.335. The highest BCUT2D eigenvalue weighted by molar-refractivity contribution is 9.10. The lowest BCUT2D eigenvalue weighted by Crippen LogP contribution is -2.25.